The Morgan fingerprint density at radius 2 is 1.81 bits per heavy atom. The molecular weight excluding hydrogens is 340 g/mol. The van der Waals surface area contributed by atoms with Crippen molar-refractivity contribution in [3.8, 4) is 5.75 Å². The SMILES string of the molecule is CN(Cc1ccc(N2CCOCC2)cc1)C(=O)C1=Cc2ccccc2OC1. The zero-order valence-electron chi connectivity index (χ0n) is 15.6. The Labute approximate surface area is 159 Å². The van der Waals surface area contributed by atoms with Crippen molar-refractivity contribution in [2.75, 3.05) is 44.9 Å². The van der Waals surface area contributed by atoms with E-state index in [1.807, 2.05) is 37.4 Å². The number of carbonyl (C=O) groups excluding carboxylic acids is 1. The lowest BCUT2D eigenvalue weighted by Crippen LogP contribution is -2.36. The third-order valence-corrected chi connectivity index (χ3v) is 4.99. The molecule has 0 bridgehead atoms. The van der Waals surface area contributed by atoms with E-state index < -0.39 is 0 Å². The van der Waals surface area contributed by atoms with Gasteiger partial charge < -0.3 is 19.3 Å². The summed E-state index contributed by atoms with van der Waals surface area (Å²) in [5.41, 5.74) is 3.95. The van der Waals surface area contributed by atoms with Crippen molar-refractivity contribution in [1.82, 2.24) is 4.90 Å². The van der Waals surface area contributed by atoms with Gasteiger partial charge in [0.25, 0.3) is 5.91 Å². The number of rotatable bonds is 4. The van der Waals surface area contributed by atoms with Gasteiger partial charge in [-0.25, -0.2) is 0 Å². The molecule has 2 aliphatic heterocycles. The first-order valence-corrected chi connectivity index (χ1v) is 9.30. The normalized spacial score (nSPS) is 16.2. The molecule has 1 amide bonds. The van der Waals surface area contributed by atoms with Crippen LogP contribution in [0.5, 0.6) is 5.75 Å². The first-order chi connectivity index (χ1) is 13.2. The fourth-order valence-corrected chi connectivity index (χ4v) is 3.46. The lowest BCUT2D eigenvalue weighted by Gasteiger charge is -2.29. The van der Waals surface area contributed by atoms with Gasteiger partial charge in [0.2, 0.25) is 0 Å². The van der Waals surface area contributed by atoms with Crippen LogP contribution in [0.3, 0.4) is 0 Å². The molecule has 2 aliphatic rings. The zero-order chi connectivity index (χ0) is 18.6. The van der Waals surface area contributed by atoms with Crippen molar-refractivity contribution >= 4 is 17.7 Å². The molecule has 27 heavy (non-hydrogen) atoms. The Morgan fingerprint density at radius 3 is 2.59 bits per heavy atom. The highest BCUT2D eigenvalue weighted by Crippen LogP contribution is 2.26. The van der Waals surface area contributed by atoms with E-state index in [1.54, 1.807) is 4.90 Å². The van der Waals surface area contributed by atoms with E-state index in [9.17, 15) is 4.79 Å². The van der Waals surface area contributed by atoms with Crippen LogP contribution in [-0.2, 0) is 16.1 Å². The Kier molecular flexibility index (Phi) is 5.12. The summed E-state index contributed by atoms with van der Waals surface area (Å²) in [4.78, 5) is 16.8. The topological polar surface area (TPSA) is 42.0 Å². The fourth-order valence-electron chi connectivity index (χ4n) is 3.46. The fraction of sp³-hybridized carbons (Fsp3) is 0.318. The van der Waals surface area contributed by atoms with Crippen LogP contribution in [0.15, 0.2) is 54.1 Å². The van der Waals surface area contributed by atoms with Gasteiger partial charge in [-0.05, 0) is 29.8 Å². The maximum atomic E-state index is 12.8. The van der Waals surface area contributed by atoms with Gasteiger partial charge in [0.1, 0.15) is 12.4 Å². The number of carbonyl (C=O) groups is 1. The minimum atomic E-state index is 0.00163. The van der Waals surface area contributed by atoms with Crippen LogP contribution in [0.2, 0.25) is 0 Å². The highest BCUT2D eigenvalue weighted by molar-refractivity contribution is 5.99. The third-order valence-electron chi connectivity index (χ3n) is 4.99. The van der Waals surface area contributed by atoms with Gasteiger partial charge in [0.05, 0.1) is 18.8 Å². The summed E-state index contributed by atoms with van der Waals surface area (Å²) in [5.74, 6) is 0.831. The van der Waals surface area contributed by atoms with Gasteiger partial charge in [-0.15, -0.1) is 0 Å². The van der Waals surface area contributed by atoms with Gasteiger partial charge in [-0.3, -0.25) is 4.79 Å². The lowest BCUT2D eigenvalue weighted by molar-refractivity contribution is -0.126. The van der Waals surface area contributed by atoms with Crippen LogP contribution in [0.4, 0.5) is 5.69 Å². The summed E-state index contributed by atoms with van der Waals surface area (Å²) < 4.78 is 11.1. The first kappa shape index (κ1) is 17.6. The second-order valence-electron chi connectivity index (χ2n) is 6.92. The Hall–Kier alpha value is -2.79. The largest absolute Gasteiger partial charge is 0.488 e. The van der Waals surface area contributed by atoms with E-state index in [-0.39, 0.29) is 5.91 Å². The standard InChI is InChI=1S/C22H24N2O3/c1-23(22(25)19-14-18-4-2-3-5-21(18)27-16-19)15-17-6-8-20(9-7-17)24-10-12-26-13-11-24/h2-9,14H,10-13,15-16H2,1H3. The number of para-hydroxylation sites is 1. The average Bonchev–Trinajstić information content (AvgIpc) is 2.74. The molecule has 5 heteroatoms. The number of morpholine rings is 1. The molecule has 0 N–H and O–H groups in total. The first-order valence-electron chi connectivity index (χ1n) is 9.30. The maximum absolute atomic E-state index is 12.8. The molecular formula is C22H24N2O3. The number of anilines is 1. The Morgan fingerprint density at radius 1 is 1.07 bits per heavy atom. The van der Waals surface area contributed by atoms with Crippen molar-refractivity contribution in [3.63, 3.8) is 0 Å². The minimum absolute atomic E-state index is 0.00163. The predicted molar refractivity (Wildman–Crippen MR) is 106 cm³/mol. The van der Waals surface area contributed by atoms with E-state index in [0.29, 0.717) is 18.7 Å². The monoisotopic (exact) mass is 364 g/mol. The van der Waals surface area contributed by atoms with Crippen LogP contribution in [-0.4, -0.2) is 50.8 Å². The van der Waals surface area contributed by atoms with Crippen LogP contribution >= 0.6 is 0 Å². The number of hydrogen-bond acceptors (Lipinski definition) is 4. The third kappa shape index (κ3) is 3.98. The number of benzene rings is 2. The Balaban J connectivity index is 1.41. The van der Waals surface area contributed by atoms with Crippen LogP contribution < -0.4 is 9.64 Å². The van der Waals surface area contributed by atoms with Crippen LogP contribution in [0.25, 0.3) is 6.08 Å². The number of hydrogen-bond donors (Lipinski definition) is 0. The molecule has 2 heterocycles. The molecule has 5 nitrogen and oxygen atoms in total. The number of fused-ring (bicyclic) bond motifs is 1. The molecule has 0 unspecified atom stereocenters. The lowest BCUT2D eigenvalue weighted by atomic mass is 10.1. The molecule has 140 valence electrons. The van der Waals surface area contributed by atoms with Crippen molar-refractivity contribution in [2.24, 2.45) is 0 Å². The zero-order valence-corrected chi connectivity index (χ0v) is 15.6. The highest BCUT2D eigenvalue weighted by Gasteiger charge is 2.20. The average molecular weight is 364 g/mol. The van der Waals surface area contributed by atoms with Gasteiger partial charge in [-0.1, -0.05) is 30.3 Å². The number of nitrogens with zero attached hydrogens (tertiary/aromatic N) is 2. The highest BCUT2D eigenvalue weighted by atomic mass is 16.5. The number of likely N-dealkylation sites (N-methyl/N-ethyl adjacent to an activating group) is 1. The molecule has 2 aromatic rings. The molecule has 0 aliphatic carbocycles. The van der Waals surface area contributed by atoms with Crippen molar-refractivity contribution in [1.29, 1.82) is 0 Å². The minimum Gasteiger partial charge on any atom is -0.488 e. The summed E-state index contributed by atoms with van der Waals surface area (Å²) in [6.07, 6.45) is 1.93. The van der Waals surface area contributed by atoms with Gasteiger partial charge in [0.15, 0.2) is 0 Å². The van der Waals surface area contributed by atoms with E-state index in [0.717, 1.165) is 43.2 Å². The summed E-state index contributed by atoms with van der Waals surface area (Å²) >= 11 is 0. The molecule has 1 saturated heterocycles. The van der Waals surface area contributed by atoms with E-state index in [1.165, 1.54) is 5.69 Å². The maximum Gasteiger partial charge on any atom is 0.253 e. The van der Waals surface area contributed by atoms with Crippen molar-refractivity contribution in [2.45, 2.75) is 6.54 Å². The van der Waals surface area contributed by atoms with E-state index in [2.05, 4.69) is 29.2 Å². The van der Waals surface area contributed by atoms with Gasteiger partial charge >= 0.3 is 0 Å². The summed E-state index contributed by atoms with van der Waals surface area (Å²) in [7, 11) is 1.83. The molecule has 2 aromatic carbocycles. The molecule has 4 rings (SSSR count). The molecule has 1 fully saturated rings. The van der Waals surface area contributed by atoms with Crippen LogP contribution in [0.1, 0.15) is 11.1 Å². The van der Waals surface area contributed by atoms with E-state index >= 15 is 0 Å². The smallest absolute Gasteiger partial charge is 0.253 e. The molecule has 0 radical (unpaired) electrons. The molecule has 0 aromatic heterocycles. The van der Waals surface area contributed by atoms with Crippen molar-refractivity contribution in [3.05, 3.63) is 65.2 Å². The number of ether oxygens (including phenoxy) is 2. The second-order valence-corrected chi connectivity index (χ2v) is 6.92. The summed E-state index contributed by atoms with van der Waals surface area (Å²) in [5, 5.41) is 0. The van der Waals surface area contributed by atoms with Crippen molar-refractivity contribution < 1.29 is 14.3 Å². The Bertz CT molecular complexity index is 839. The second kappa shape index (κ2) is 7.84. The van der Waals surface area contributed by atoms with Crippen LogP contribution in [0, 0.1) is 0 Å². The van der Waals surface area contributed by atoms with Gasteiger partial charge in [-0.2, -0.15) is 0 Å². The quantitative estimate of drug-likeness (QED) is 0.837. The number of amides is 1. The molecule has 0 atom stereocenters. The molecule has 0 saturated carbocycles. The summed E-state index contributed by atoms with van der Waals surface area (Å²) in [6, 6.07) is 16.2. The summed E-state index contributed by atoms with van der Waals surface area (Å²) in [6.45, 7) is 4.29. The van der Waals surface area contributed by atoms with E-state index in [4.69, 9.17) is 9.47 Å². The predicted octanol–water partition coefficient (Wildman–Crippen LogP) is 2.96. The molecule has 0 spiro atoms. The van der Waals surface area contributed by atoms with Gasteiger partial charge in [0, 0.05) is 37.9 Å².